The van der Waals surface area contributed by atoms with Crippen LogP contribution in [0.15, 0.2) is 36.4 Å². The Balaban J connectivity index is 1.93. The zero-order valence-corrected chi connectivity index (χ0v) is 13.6. The highest BCUT2D eigenvalue weighted by Crippen LogP contribution is 2.24. The van der Waals surface area contributed by atoms with E-state index < -0.39 is 0 Å². The van der Waals surface area contributed by atoms with Gasteiger partial charge in [0, 0.05) is 0 Å². The zero-order chi connectivity index (χ0) is 15.6. The van der Waals surface area contributed by atoms with Crippen molar-refractivity contribution < 1.29 is 9.53 Å². The summed E-state index contributed by atoms with van der Waals surface area (Å²) in [5.41, 5.74) is 2.09. The number of cyclic esters (lactones) is 1. The summed E-state index contributed by atoms with van der Waals surface area (Å²) < 4.78 is 5.09. The number of hydrogen-bond acceptors (Lipinski definition) is 2. The lowest BCUT2D eigenvalue weighted by Crippen LogP contribution is -2.22. The number of carbonyl (C=O) groups is 1. The molecule has 3 heteroatoms. The lowest BCUT2D eigenvalue weighted by molar-refractivity contribution is 0.167. The molecule has 1 aromatic carbocycles. The molecule has 120 valence electrons. The lowest BCUT2D eigenvalue weighted by atomic mass is 10.1. The number of nitrogens with zero attached hydrogens (tertiary/aromatic N) is 1. The number of carbonyl (C=O) groups excluding carboxylic acids is 1. The van der Waals surface area contributed by atoms with Gasteiger partial charge in [-0.05, 0) is 18.4 Å². The minimum absolute atomic E-state index is 0.224. The van der Waals surface area contributed by atoms with Gasteiger partial charge in [0.15, 0.2) is 0 Å². The summed E-state index contributed by atoms with van der Waals surface area (Å²) in [6.45, 7) is 3.38. The van der Waals surface area contributed by atoms with E-state index in [0.29, 0.717) is 13.2 Å². The van der Waals surface area contributed by atoms with Crippen molar-refractivity contribution in [2.24, 2.45) is 0 Å². The maximum absolute atomic E-state index is 11.9. The van der Waals surface area contributed by atoms with Gasteiger partial charge >= 0.3 is 6.09 Å². The smallest absolute Gasteiger partial charge is 0.414 e. The van der Waals surface area contributed by atoms with Crippen LogP contribution in [0.2, 0.25) is 0 Å². The predicted octanol–water partition coefficient (Wildman–Crippen LogP) is 5.23. The average Bonchev–Trinajstić information content (AvgIpc) is 2.97. The van der Waals surface area contributed by atoms with E-state index in [4.69, 9.17) is 4.74 Å². The molecule has 0 aliphatic carbocycles. The van der Waals surface area contributed by atoms with Crippen LogP contribution in [-0.4, -0.2) is 24.1 Å². The molecule has 0 radical (unpaired) electrons. The Morgan fingerprint density at radius 1 is 1.14 bits per heavy atom. The quantitative estimate of drug-likeness (QED) is 0.584. The van der Waals surface area contributed by atoms with Gasteiger partial charge in [0.05, 0.1) is 12.2 Å². The van der Waals surface area contributed by atoms with E-state index in [1.54, 1.807) is 4.90 Å². The maximum atomic E-state index is 11.9. The first-order valence-electron chi connectivity index (χ1n) is 8.53. The van der Waals surface area contributed by atoms with Crippen LogP contribution in [-0.2, 0) is 4.74 Å². The summed E-state index contributed by atoms with van der Waals surface area (Å²) in [5.74, 6) is 0. The monoisotopic (exact) mass is 301 g/mol. The van der Waals surface area contributed by atoms with E-state index in [9.17, 15) is 4.79 Å². The van der Waals surface area contributed by atoms with Crippen LogP contribution < -0.4 is 0 Å². The average molecular weight is 301 g/mol. The maximum Gasteiger partial charge on any atom is 0.414 e. The van der Waals surface area contributed by atoms with Crippen LogP contribution in [0.1, 0.15) is 57.4 Å². The van der Waals surface area contributed by atoms with Gasteiger partial charge in [0.1, 0.15) is 6.61 Å². The fraction of sp³-hybridized carbons (Fsp3) is 0.526. The van der Waals surface area contributed by atoms with E-state index in [-0.39, 0.29) is 6.09 Å². The molecular weight excluding hydrogens is 274 g/mol. The van der Waals surface area contributed by atoms with E-state index >= 15 is 0 Å². The Hall–Kier alpha value is -1.77. The third-order valence-corrected chi connectivity index (χ3v) is 4.02. The van der Waals surface area contributed by atoms with Gasteiger partial charge in [-0.2, -0.15) is 0 Å². The van der Waals surface area contributed by atoms with E-state index in [1.807, 2.05) is 18.2 Å². The highest BCUT2D eigenvalue weighted by molar-refractivity contribution is 5.83. The third kappa shape index (κ3) is 4.90. The molecule has 0 unspecified atom stereocenters. The second kappa shape index (κ2) is 9.29. The van der Waals surface area contributed by atoms with Crippen LogP contribution in [0.3, 0.4) is 0 Å². The first-order valence-corrected chi connectivity index (χ1v) is 8.53. The van der Waals surface area contributed by atoms with Crippen molar-refractivity contribution in [3.05, 3.63) is 42.0 Å². The van der Waals surface area contributed by atoms with Crippen LogP contribution in [0.4, 0.5) is 4.79 Å². The van der Waals surface area contributed by atoms with Gasteiger partial charge in [0.2, 0.25) is 0 Å². The minimum Gasteiger partial charge on any atom is -0.447 e. The molecule has 1 aliphatic heterocycles. The first kappa shape index (κ1) is 16.6. The van der Waals surface area contributed by atoms with Crippen LogP contribution in [0.5, 0.6) is 0 Å². The van der Waals surface area contributed by atoms with Gasteiger partial charge in [-0.3, -0.25) is 4.90 Å². The summed E-state index contributed by atoms with van der Waals surface area (Å²) in [6, 6.07) is 10.1. The third-order valence-electron chi connectivity index (χ3n) is 4.02. The Morgan fingerprint density at radius 2 is 1.86 bits per heavy atom. The molecule has 3 nitrogen and oxygen atoms in total. The van der Waals surface area contributed by atoms with Gasteiger partial charge in [0.25, 0.3) is 0 Å². The molecular formula is C19H27NO2. The number of rotatable bonds is 9. The molecule has 1 aromatic rings. The van der Waals surface area contributed by atoms with Crippen molar-refractivity contribution in [1.29, 1.82) is 0 Å². The number of amides is 1. The SMILES string of the molecule is CCCCCCCC/C=C(/c1ccccc1)N1CCOC1=O. The Morgan fingerprint density at radius 3 is 2.55 bits per heavy atom. The van der Waals surface area contributed by atoms with E-state index in [2.05, 4.69) is 25.1 Å². The second-order valence-electron chi connectivity index (χ2n) is 5.78. The molecule has 1 aliphatic rings. The van der Waals surface area contributed by atoms with Crippen molar-refractivity contribution in [1.82, 2.24) is 4.90 Å². The summed E-state index contributed by atoms with van der Waals surface area (Å²) in [7, 11) is 0. The molecule has 1 heterocycles. The Labute approximate surface area is 134 Å². The Kier molecular flexibility index (Phi) is 7.01. The number of hydrogen-bond donors (Lipinski definition) is 0. The molecule has 0 saturated carbocycles. The molecule has 0 bridgehead atoms. The first-order chi connectivity index (χ1) is 10.8. The number of unbranched alkanes of at least 4 members (excludes halogenated alkanes) is 6. The van der Waals surface area contributed by atoms with Crippen LogP contribution in [0, 0.1) is 0 Å². The van der Waals surface area contributed by atoms with Crippen molar-refractivity contribution in [2.75, 3.05) is 13.2 Å². The fourth-order valence-electron chi connectivity index (χ4n) is 2.77. The van der Waals surface area contributed by atoms with Gasteiger partial charge < -0.3 is 4.74 Å². The van der Waals surface area contributed by atoms with E-state index in [1.165, 1.54) is 38.5 Å². The van der Waals surface area contributed by atoms with Gasteiger partial charge in [-0.25, -0.2) is 4.79 Å². The van der Waals surface area contributed by atoms with Gasteiger partial charge in [-0.1, -0.05) is 75.4 Å². The molecule has 1 saturated heterocycles. The lowest BCUT2D eigenvalue weighted by Gasteiger charge is -2.17. The van der Waals surface area contributed by atoms with E-state index in [0.717, 1.165) is 17.7 Å². The highest BCUT2D eigenvalue weighted by Gasteiger charge is 2.25. The predicted molar refractivity (Wildman–Crippen MR) is 90.5 cm³/mol. The van der Waals surface area contributed by atoms with Crippen molar-refractivity contribution in [3.63, 3.8) is 0 Å². The van der Waals surface area contributed by atoms with Crippen LogP contribution >= 0.6 is 0 Å². The number of benzene rings is 1. The topological polar surface area (TPSA) is 29.5 Å². The normalized spacial score (nSPS) is 15.2. The van der Waals surface area contributed by atoms with Gasteiger partial charge in [-0.15, -0.1) is 0 Å². The number of allylic oxidation sites excluding steroid dienone is 1. The summed E-state index contributed by atoms with van der Waals surface area (Å²) in [5, 5.41) is 0. The van der Waals surface area contributed by atoms with Crippen LogP contribution in [0.25, 0.3) is 5.70 Å². The Bertz CT molecular complexity index is 481. The molecule has 0 spiro atoms. The largest absolute Gasteiger partial charge is 0.447 e. The summed E-state index contributed by atoms with van der Waals surface area (Å²) in [4.78, 5) is 13.6. The summed E-state index contributed by atoms with van der Waals surface area (Å²) >= 11 is 0. The van der Waals surface area contributed by atoms with Crippen molar-refractivity contribution in [3.8, 4) is 0 Å². The number of ether oxygens (including phenoxy) is 1. The summed E-state index contributed by atoms with van der Waals surface area (Å²) in [6.07, 6.45) is 10.7. The zero-order valence-electron chi connectivity index (χ0n) is 13.6. The molecule has 0 atom stereocenters. The van der Waals surface area contributed by atoms with Crippen molar-refractivity contribution >= 4 is 11.8 Å². The fourth-order valence-corrected chi connectivity index (χ4v) is 2.77. The standard InChI is InChI=1S/C19H27NO2/c1-2-3-4-5-6-7-11-14-18(17-12-9-8-10-13-17)20-15-16-22-19(20)21/h8-10,12-14H,2-7,11,15-16H2,1H3/b18-14-. The molecule has 0 N–H and O–H groups in total. The molecule has 22 heavy (non-hydrogen) atoms. The van der Waals surface area contributed by atoms with Crippen molar-refractivity contribution in [2.45, 2.75) is 51.9 Å². The highest BCUT2D eigenvalue weighted by atomic mass is 16.6. The molecule has 0 aromatic heterocycles. The minimum atomic E-state index is -0.224. The molecule has 1 fully saturated rings. The second-order valence-corrected chi connectivity index (χ2v) is 5.78. The molecule has 1 amide bonds. The molecule has 2 rings (SSSR count).